The molecular formula is C19H19BrN4O3. The van der Waals surface area contributed by atoms with Gasteiger partial charge in [-0.1, -0.05) is 34.1 Å². The van der Waals surface area contributed by atoms with Crippen molar-refractivity contribution in [2.75, 3.05) is 10.6 Å². The van der Waals surface area contributed by atoms with Crippen LogP contribution in [-0.2, 0) is 14.4 Å². The van der Waals surface area contributed by atoms with E-state index < -0.39 is 11.8 Å². The number of para-hydroxylation sites is 1. The van der Waals surface area contributed by atoms with Crippen LogP contribution in [0.5, 0.6) is 0 Å². The lowest BCUT2D eigenvalue weighted by atomic mass is 10.2. The minimum absolute atomic E-state index is 0.0181. The van der Waals surface area contributed by atoms with E-state index in [2.05, 4.69) is 37.1 Å². The molecule has 3 N–H and O–H groups in total. The minimum Gasteiger partial charge on any atom is -0.326 e. The Labute approximate surface area is 165 Å². The molecule has 0 atom stereocenters. The number of carbonyl (C=O) groups is 3. The van der Waals surface area contributed by atoms with E-state index in [1.807, 2.05) is 31.2 Å². The first kappa shape index (κ1) is 20.3. The highest BCUT2D eigenvalue weighted by atomic mass is 79.9. The van der Waals surface area contributed by atoms with Crippen LogP contribution >= 0.6 is 15.9 Å². The molecule has 0 radical (unpaired) electrons. The number of aryl methyl sites for hydroxylation is 1. The molecule has 0 saturated heterocycles. The smallest absolute Gasteiger partial charge is 0.326 e. The highest BCUT2D eigenvalue weighted by molar-refractivity contribution is 9.10. The van der Waals surface area contributed by atoms with Crippen molar-refractivity contribution >= 4 is 50.7 Å². The topological polar surface area (TPSA) is 99.7 Å². The fourth-order valence-electron chi connectivity index (χ4n) is 2.10. The Kier molecular flexibility index (Phi) is 7.25. The van der Waals surface area contributed by atoms with Crippen LogP contribution in [0.4, 0.5) is 11.4 Å². The molecule has 27 heavy (non-hydrogen) atoms. The number of halogens is 1. The molecule has 0 spiro atoms. The largest absolute Gasteiger partial charge is 0.329 e. The zero-order valence-corrected chi connectivity index (χ0v) is 16.5. The van der Waals surface area contributed by atoms with Crippen molar-refractivity contribution in [3.8, 4) is 0 Å². The van der Waals surface area contributed by atoms with Gasteiger partial charge < -0.3 is 10.6 Å². The van der Waals surface area contributed by atoms with Crippen molar-refractivity contribution in [2.45, 2.75) is 20.3 Å². The number of benzene rings is 2. The predicted octanol–water partition coefficient (Wildman–Crippen LogP) is 3.22. The van der Waals surface area contributed by atoms with Gasteiger partial charge in [0.1, 0.15) is 0 Å². The third-order valence-electron chi connectivity index (χ3n) is 3.49. The molecule has 0 bridgehead atoms. The SMILES string of the molecule is C/C(CC(=O)Nc1ccc(Br)cc1)=N/NC(=O)C(=O)Nc1ccccc1C. The van der Waals surface area contributed by atoms with Crippen molar-refractivity contribution in [2.24, 2.45) is 5.10 Å². The number of hydrogen-bond acceptors (Lipinski definition) is 4. The number of anilines is 2. The number of carbonyl (C=O) groups excluding carboxylic acids is 3. The van der Waals surface area contributed by atoms with Gasteiger partial charge in [0.2, 0.25) is 5.91 Å². The van der Waals surface area contributed by atoms with Gasteiger partial charge in [-0.25, -0.2) is 5.43 Å². The van der Waals surface area contributed by atoms with Gasteiger partial charge in [-0.2, -0.15) is 5.10 Å². The average Bonchev–Trinajstić information content (AvgIpc) is 2.63. The quantitative estimate of drug-likeness (QED) is 0.385. The molecule has 2 rings (SSSR count). The Morgan fingerprint density at radius 2 is 1.63 bits per heavy atom. The number of nitrogens with zero attached hydrogens (tertiary/aromatic N) is 1. The van der Waals surface area contributed by atoms with Crippen LogP contribution in [0.2, 0.25) is 0 Å². The summed E-state index contributed by atoms with van der Waals surface area (Å²) in [5.74, 6) is -2.02. The second kappa shape index (κ2) is 9.63. The fraction of sp³-hybridized carbons (Fsp3) is 0.158. The maximum Gasteiger partial charge on any atom is 0.329 e. The summed E-state index contributed by atoms with van der Waals surface area (Å²) in [7, 11) is 0. The van der Waals surface area contributed by atoms with Crippen LogP contribution in [0.1, 0.15) is 18.9 Å². The molecule has 8 heteroatoms. The first-order valence-electron chi connectivity index (χ1n) is 8.10. The number of hydrogen-bond donors (Lipinski definition) is 3. The molecule has 2 aromatic carbocycles. The lowest BCUT2D eigenvalue weighted by molar-refractivity contribution is -0.136. The molecule has 0 unspecified atom stereocenters. The van der Waals surface area contributed by atoms with Gasteiger partial charge in [0, 0.05) is 21.6 Å². The highest BCUT2D eigenvalue weighted by Crippen LogP contribution is 2.14. The van der Waals surface area contributed by atoms with Crippen molar-refractivity contribution in [3.05, 3.63) is 58.6 Å². The van der Waals surface area contributed by atoms with E-state index in [9.17, 15) is 14.4 Å². The summed E-state index contributed by atoms with van der Waals surface area (Å²) in [5, 5.41) is 9.02. The lowest BCUT2D eigenvalue weighted by Crippen LogP contribution is -2.33. The summed E-state index contributed by atoms with van der Waals surface area (Å²) in [5.41, 5.74) is 4.55. The zero-order chi connectivity index (χ0) is 19.8. The summed E-state index contributed by atoms with van der Waals surface area (Å²) >= 11 is 3.32. The lowest BCUT2D eigenvalue weighted by Gasteiger charge is -2.07. The number of rotatable bonds is 5. The first-order chi connectivity index (χ1) is 12.8. The van der Waals surface area contributed by atoms with E-state index in [0.717, 1.165) is 10.0 Å². The molecule has 0 aliphatic rings. The van der Waals surface area contributed by atoms with Crippen LogP contribution in [0, 0.1) is 6.92 Å². The second-order valence-electron chi connectivity index (χ2n) is 5.79. The summed E-state index contributed by atoms with van der Waals surface area (Å²) in [6, 6.07) is 14.2. The van der Waals surface area contributed by atoms with Gasteiger partial charge in [-0.05, 0) is 49.7 Å². The Bertz CT molecular complexity index is 879. The summed E-state index contributed by atoms with van der Waals surface area (Å²) in [6.45, 7) is 3.40. The third-order valence-corrected chi connectivity index (χ3v) is 4.02. The standard InChI is InChI=1S/C19H19BrN4O3/c1-12-5-3-4-6-16(12)22-18(26)19(27)24-23-13(2)11-17(25)21-15-9-7-14(20)8-10-15/h3-10H,11H2,1-2H3,(H,21,25)(H,22,26)(H,24,27)/b23-13-. The summed E-state index contributed by atoms with van der Waals surface area (Å²) in [4.78, 5) is 35.7. The van der Waals surface area contributed by atoms with E-state index in [0.29, 0.717) is 17.1 Å². The Balaban J connectivity index is 1.83. The van der Waals surface area contributed by atoms with E-state index in [1.54, 1.807) is 31.2 Å². The van der Waals surface area contributed by atoms with Gasteiger partial charge in [-0.15, -0.1) is 0 Å². The normalized spacial score (nSPS) is 10.9. The highest BCUT2D eigenvalue weighted by Gasteiger charge is 2.14. The van der Waals surface area contributed by atoms with Crippen LogP contribution in [0.15, 0.2) is 58.1 Å². The van der Waals surface area contributed by atoms with E-state index in [4.69, 9.17) is 0 Å². The van der Waals surface area contributed by atoms with E-state index in [1.165, 1.54) is 0 Å². The second-order valence-corrected chi connectivity index (χ2v) is 6.70. The molecule has 0 aliphatic heterocycles. The van der Waals surface area contributed by atoms with Crippen molar-refractivity contribution in [3.63, 3.8) is 0 Å². The number of nitrogens with one attached hydrogen (secondary N) is 3. The van der Waals surface area contributed by atoms with Crippen molar-refractivity contribution in [1.82, 2.24) is 5.43 Å². The monoisotopic (exact) mass is 430 g/mol. The maximum absolute atomic E-state index is 12.0. The third kappa shape index (κ3) is 6.67. The summed E-state index contributed by atoms with van der Waals surface area (Å²) < 4.78 is 0.907. The molecule has 3 amide bonds. The maximum atomic E-state index is 12.0. The predicted molar refractivity (Wildman–Crippen MR) is 108 cm³/mol. The molecule has 0 aliphatic carbocycles. The molecule has 0 heterocycles. The first-order valence-corrected chi connectivity index (χ1v) is 8.90. The molecular weight excluding hydrogens is 412 g/mol. The van der Waals surface area contributed by atoms with Crippen LogP contribution in [0.3, 0.4) is 0 Å². The van der Waals surface area contributed by atoms with Gasteiger partial charge in [-0.3, -0.25) is 14.4 Å². The van der Waals surface area contributed by atoms with Crippen LogP contribution in [0.25, 0.3) is 0 Å². The molecule has 0 aromatic heterocycles. The van der Waals surface area contributed by atoms with E-state index in [-0.39, 0.29) is 12.3 Å². The minimum atomic E-state index is -0.911. The molecule has 7 nitrogen and oxygen atoms in total. The van der Waals surface area contributed by atoms with Crippen molar-refractivity contribution < 1.29 is 14.4 Å². The molecule has 0 saturated carbocycles. The van der Waals surface area contributed by atoms with Gasteiger partial charge >= 0.3 is 11.8 Å². The Morgan fingerprint density at radius 1 is 0.963 bits per heavy atom. The Morgan fingerprint density at radius 3 is 2.30 bits per heavy atom. The summed E-state index contributed by atoms with van der Waals surface area (Å²) in [6.07, 6.45) is -0.0181. The average molecular weight is 431 g/mol. The van der Waals surface area contributed by atoms with Crippen molar-refractivity contribution in [1.29, 1.82) is 0 Å². The van der Waals surface area contributed by atoms with Gasteiger partial charge in [0.25, 0.3) is 0 Å². The van der Waals surface area contributed by atoms with Crippen LogP contribution in [-0.4, -0.2) is 23.4 Å². The number of hydrazone groups is 1. The van der Waals surface area contributed by atoms with Gasteiger partial charge in [0.15, 0.2) is 0 Å². The fourth-order valence-corrected chi connectivity index (χ4v) is 2.36. The molecule has 2 aromatic rings. The number of amides is 3. The molecule has 140 valence electrons. The van der Waals surface area contributed by atoms with Gasteiger partial charge in [0.05, 0.1) is 6.42 Å². The van der Waals surface area contributed by atoms with E-state index >= 15 is 0 Å². The molecule has 0 fully saturated rings. The van der Waals surface area contributed by atoms with Crippen LogP contribution < -0.4 is 16.1 Å². The Hall–Kier alpha value is -3.00. The zero-order valence-electron chi connectivity index (χ0n) is 14.9.